The normalized spacial score (nSPS) is 11.8. The van der Waals surface area contributed by atoms with Crippen LogP contribution in [0.2, 0.25) is 0 Å². The van der Waals surface area contributed by atoms with Crippen LogP contribution in [0.15, 0.2) is 140 Å². The van der Waals surface area contributed by atoms with Crippen LogP contribution >= 0.6 is 0 Å². The van der Waals surface area contributed by atoms with Gasteiger partial charge in [0.25, 0.3) is 0 Å². The average Bonchev–Trinajstić information content (AvgIpc) is 3.43. The van der Waals surface area contributed by atoms with Crippen molar-refractivity contribution < 1.29 is 14.6 Å². The lowest BCUT2D eigenvalue weighted by Crippen LogP contribution is -2.29. The van der Waals surface area contributed by atoms with Crippen molar-refractivity contribution in [3.63, 3.8) is 0 Å². The number of ether oxygens (including phenoxy) is 1. The number of para-hydroxylation sites is 1. The largest absolute Gasteiger partial charge is 0.478 e. The summed E-state index contributed by atoms with van der Waals surface area (Å²) in [7, 11) is 0. The highest BCUT2D eigenvalue weighted by Gasteiger charge is 2.20. The zero-order chi connectivity index (χ0) is 26.6. The van der Waals surface area contributed by atoms with Gasteiger partial charge in [0.1, 0.15) is 5.75 Å². The molecule has 1 aromatic heterocycles. The Balaban J connectivity index is 1.34. The SMILES string of the molecule is O=C(O)C(Cc1ccccc1)Oc1ccc2cc(-c3ccc(-c4ccccc4)n3-c3ccccc3)ccc2c1. The van der Waals surface area contributed by atoms with Crippen molar-refractivity contribution >= 4 is 16.7 Å². The number of carboxylic acid groups (broad SMARTS) is 1. The zero-order valence-corrected chi connectivity index (χ0v) is 21.3. The molecular formula is C35H27NO3. The molecule has 1 unspecified atom stereocenters. The third kappa shape index (κ3) is 5.18. The summed E-state index contributed by atoms with van der Waals surface area (Å²) < 4.78 is 8.22. The van der Waals surface area contributed by atoms with Gasteiger partial charge in [0, 0.05) is 12.1 Å². The Labute approximate surface area is 227 Å². The van der Waals surface area contributed by atoms with Gasteiger partial charge in [-0.3, -0.25) is 0 Å². The second kappa shape index (κ2) is 10.7. The van der Waals surface area contributed by atoms with Crippen molar-refractivity contribution in [2.45, 2.75) is 12.5 Å². The molecule has 0 spiro atoms. The van der Waals surface area contributed by atoms with Gasteiger partial charge in [-0.15, -0.1) is 0 Å². The molecule has 4 heteroatoms. The van der Waals surface area contributed by atoms with E-state index in [4.69, 9.17) is 4.74 Å². The van der Waals surface area contributed by atoms with Gasteiger partial charge in [-0.25, -0.2) is 4.79 Å². The Morgan fingerprint density at radius 1 is 0.641 bits per heavy atom. The maximum absolute atomic E-state index is 11.9. The van der Waals surface area contributed by atoms with E-state index < -0.39 is 12.1 Å². The molecule has 0 saturated heterocycles. The molecule has 1 heterocycles. The summed E-state index contributed by atoms with van der Waals surface area (Å²) in [5.74, 6) is -0.442. The smallest absolute Gasteiger partial charge is 0.345 e. The van der Waals surface area contributed by atoms with Gasteiger partial charge in [-0.1, -0.05) is 97.1 Å². The number of hydrogen-bond acceptors (Lipinski definition) is 2. The molecule has 1 N–H and O–H groups in total. The third-order valence-electron chi connectivity index (χ3n) is 6.89. The van der Waals surface area contributed by atoms with E-state index in [1.807, 2.05) is 60.7 Å². The molecule has 39 heavy (non-hydrogen) atoms. The number of aromatic nitrogens is 1. The van der Waals surface area contributed by atoms with Gasteiger partial charge in [0.05, 0.1) is 11.4 Å². The van der Waals surface area contributed by atoms with Crippen LogP contribution in [0.1, 0.15) is 5.56 Å². The summed E-state index contributed by atoms with van der Waals surface area (Å²) in [5, 5.41) is 11.8. The van der Waals surface area contributed by atoms with Gasteiger partial charge in [-0.2, -0.15) is 0 Å². The molecule has 0 radical (unpaired) electrons. The van der Waals surface area contributed by atoms with E-state index in [1.165, 1.54) is 0 Å². The second-order valence-corrected chi connectivity index (χ2v) is 9.50. The number of hydrogen-bond donors (Lipinski definition) is 1. The minimum Gasteiger partial charge on any atom is -0.478 e. The Kier molecular flexibility index (Phi) is 6.67. The topological polar surface area (TPSA) is 51.5 Å². The number of rotatable bonds is 8. The van der Waals surface area contributed by atoms with Gasteiger partial charge in [-0.05, 0) is 69.9 Å². The molecular weight excluding hydrogens is 482 g/mol. The van der Waals surface area contributed by atoms with Crippen LogP contribution < -0.4 is 4.74 Å². The van der Waals surface area contributed by atoms with Crippen molar-refractivity contribution in [2.24, 2.45) is 0 Å². The van der Waals surface area contributed by atoms with E-state index in [-0.39, 0.29) is 0 Å². The van der Waals surface area contributed by atoms with Crippen LogP contribution in [0, 0.1) is 0 Å². The summed E-state index contributed by atoms with van der Waals surface area (Å²) in [6.45, 7) is 0. The highest BCUT2D eigenvalue weighted by molar-refractivity contribution is 5.89. The van der Waals surface area contributed by atoms with Gasteiger partial charge in [0.2, 0.25) is 0 Å². The fraction of sp³-hybridized carbons (Fsp3) is 0.0571. The summed E-state index contributed by atoms with van der Waals surface area (Å²) in [6, 6.07) is 46.7. The summed E-state index contributed by atoms with van der Waals surface area (Å²) in [6.07, 6.45) is -0.664. The number of carboxylic acids is 1. The first-order valence-electron chi connectivity index (χ1n) is 13.0. The number of carbonyl (C=O) groups is 1. The van der Waals surface area contributed by atoms with E-state index in [0.29, 0.717) is 12.2 Å². The molecule has 0 aliphatic heterocycles. The molecule has 0 bridgehead atoms. The minimum absolute atomic E-state index is 0.299. The molecule has 6 rings (SSSR count). The standard InChI is InChI=1S/C35H27NO3/c37-35(38)34(22-25-10-4-1-5-11-25)39-31-19-18-27-23-29(17-16-28(27)24-31)33-21-20-32(26-12-6-2-7-13-26)36(33)30-14-8-3-9-15-30/h1-21,23-24,34H,22H2,(H,37,38). The Hall–Kier alpha value is -5.09. The third-order valence-corrected chi connectivity index (χ3v) is 6.89. The Bertz CT molecular complexity index is 1720. The summed E-state index contributed by atoms with van der Waals surface area (Å²) in [5.41, 5.74) is 6.48. The lowest BCUT2D eigenvalue weighted by molar-refractivity contribution is -0.145. The molecule has 6 aromatic rings. The molecule has 190 valence electrons. The number of aliphatic carboxylic acids is 1. The van der Waals surface area contributed by atoms with Crippen LogP contribution in [0.25, 0.3) is 39.0 Å². The van der Waals surface area contributed by atoms with Gasteiger partial charge in [0.15, 0.2) is 6.10 Å². The molecule has 0 amide bonds. The first-order chi connectivity index (χ1) is 19.2. The first kappa shape index (κ1) is 24.3. The Morgan fingerprint density at radius 2 is 1.23 bits per heavy atom. The van der Waals surface area contributed by atoms with Crippen LogP contribution in [-0.2, 0) is 11.2 Å². The molecule has 0 saturated carbocycles. The maximum atomic E-state index is 11.9. The predicted octanol–water partition coefficient (Wildman–Crippen LogP) is 8.04. The highest BCUT2D eigenvalue weighted by Crippen LogP contribution is 2.34. The van der Waals surface area contributed by atoms with Crippen molar-refractivity contribution in [1.29, 1.82) is 0 Å². The number of benzene rings is 5. The van der Waals surface area contributed by atoms with Crippen molar-refractivity contribution in [2.75, 3.05) is 0 Å². The van der Waals surface area contributed by atoms with E-state index in [9.17, 15) is 9.90 Å². The van der Waals surface area contributed by atoms with Gasteiger partial charge >= 0.3 is 5.97 Å². The molecule has 0 fully saturated rings. The fourth-order valence-electron chi connectivity index (χ4n) is 4.98. The predicted molar refractivity (Wildman–Crippen MR) is 156 cm³/mol. The second-order valence-electron chi connectivity index (χ2n) is 9.50. The van der Waals surface area contributed by atoms with Crippen LogP contribution in [0.5, 0.6) is 5.75 Å². The van der Waals surface area contributed by atoms with Crippen molar-refractivity contribution in [3.05, 3.63) is 145 Å². The zero-order valence-electron chi connectivity index (χ0n) is 21.3. The number of nitrogens with zero attached hydrogens (tertiary/aromatic N) is 1. The van der Waals surface area contributed by atoms with Crippen molar-refractivity contribution in [3.8, 4) is 34.0 Å². The highest BCUT2D eigenvalue weighted by atomic mass is 16.5. The lowest BCUT2D eigenvalue weighted by atomic mass is 10.0. The molecule has 0 aliphatic rings. The summed E-state index contributed by atoms with van der Waals surface area (Å²) in [4.78, 5) is 11.9. The van der Waals surface area contributed by atoms with E-state index in [0.717, 1.165) is 44.5 Å². The summed E-state index contributed by atoms with van der Waals surface area (Å²) >= 11 is 0. The molecule has 1 atom stereocenters. The van der Waals surface area contributed by atoms with E-state index in [2.05, 4.69) is 83.4 Å². The Morgan fingerprint density at radius 3 is 1.92 bits per heavy atom. The molecule has 4 nitrogen and oxygen atoms in total. The monoisotopic (exact) mass is 509 g/mol. The maximum Gasteiger partial charge on any atom is 0.345 e. The molecule has 0 aliphatic carbocycles. The van der Waals surface area contributed by atoms with E-state index >= 15 is 0 Å². The van der Waals surface area contributed by atoms with Crippen LogP contribution in [-0.4, -0.2) is 21.7 Å². The average molecular weight is 510 g/mol. The van der Waals surface area contributed by atoms with Crippen LogP contribution in [0.3, 0.4) is 0 Å². The fourth-order valence-corrected chi connectivity index (χ4v) is 4.98. The molecule has 5 aromatic carbocycles. The van der Waals surface area contributed by atoms with E-state index in [1.54, 1.807) is 0 Å². The quantitative estimate of drug-likeness (QED) is 0.226. The number of fused-ring (bicyclic) bond motifs is 1. The first-order valence-corrected chi connectivity index (χ1v) is 13.0. The van der Waals surface area contributed by atoms with Crippen molar-refractivity contribution in [1.82, 2.24) is 4.57 Å². The van der Waals surface area contributed by atoms with Gasteiger partial charge < -0.3 is 14.4 Å². The lowest BCUT2D eigenvalue weighted by Gasteiger charge is -2.16. The van der Waals surface area contributed by atoms with Crippen LogP contribution in [0.4, 0.5) is 0 Å². The minimum atomic E-state index is -0.981.